The van der Waals surface area contributed by atoms with Gasteiger partial charge in [0.2, 0.25) is 11.8 Å². The molecular formula is C20H24ClFN4O4. The summed E-state index contributed by atoms with van der Waals surface area (Å²) < 4.78 is 14.8. The maximum Gasteiger partial charge on any atom is 0.262 e. The van der Waals surface area contributed by atoms with Crippen LogP contribution in [-0.2, 0) is 9.59 Å². The van der Waals surface area contributed by atoms with Gasteiger partial charge < -0.3 is 10.2 Å². The largest absolute Gasteiger partial charge is 0.369 e. The number of imide groups is 2. The highest BCUT2D eigenvalue weighted by molar-refractivity contribution is 6.23. The van der Waals surface area contributed by atoms with Crippen LogP contribution < -0.4 is 15.5 Å². The van der Waals surface area contributed by atoms with Crippen molar-refractivity contribution in [2.24, 2.45) is 5.92 Å². The van der Waals surface area contributed by atoms with Crippen molar-refractivity contribution in [1.29, 1.82) is 0 Å². The lowest BCUT2D eigenvalue weighted by molar-refractivity contribution is -0.136. The summed E-state index contributed by atoms with van der Waals surface area (Å²) in [7, 11) is 1.91. The Balaban J connectivity index is 0.00000256. The third-order valence-corrected chi connectivity index (χ3v) is 5.96. The normalized spacial score (nSPS) is 22.1. The summed E-state index contributed by atoms with van der Waals surface area (Å²) in [6.07, 6.45) is 1.94. The van der Waals surface area contributed by atoms with E-state index in [-0.39, 0.29) is 36.4 Å². The average Bonchev–Trinajstić information content (AvgIpc) is 2.92. The number of fused-ring (bicyclic) bond motifs is 1. The van der Waals surface area contributed by atoms with E-state index < -0.39 is 35.5 Å². The lowest BCUT2D eigenvalue weighted by atomic mass is 9.96. The van der Waals surface area contributed by atoms with E-state index >= 15 is 0 Å². The molecule has 1 atom stereocenters. The van der Waals surface area contributed by atoms with Gasteiger partial charge in [0.1, 0.15) is 11.9 Å². The molecule has 0 radical (unpaired) electrons. The van der Waals surface area contributed by atoms with E-state index in [1.807, 2.05) is 11.9 Å². The summed E-state index contributed by atoms with van der Waals surface area (Å²) in [5.41, 5.74) is 0.373. The molecule has 0 aliphatic carbocycles. The first kappa shape index (κ1) is 22.2. The maximum absolute atomic E-state index is 14.8. The number of nitrogens with zero attached hydrogens (tertiary/aromatic N) is 2. The van der Waals surface area contributed by atoms with Crippen LogP contribution in [0.2, 0.25) is 0 Å². The van der Waals surface area contributed by atoms with Crippen LogP contribution in [0.1, 0.15) is 46.4 Å². The van der Waals surface area contributed by atoms with Crippen LogP contribution in [0.25, 0.3) is 0 Å². The number of amides is 4. The Hall–Kier alpha value is -2.52. The van der Waals surface area contributed by atoms with Crippen molar-refractivity contribution in [2.45, 2.75) is 31.7 Å². The molecule has 4 rings (SSSR count). The minimum Gasteiger partial charge on any atom is -0.369 e. The zero-order chi connectivity index (χ0) is 20.7. The third kappa shape index (κ3) is 3.79. The second-order valence-corrected chi connectivity index (χ2v) is 7.78. The molecule has 30 heavy (non-hydrogen) atoms. The molecule has 2 fully saturated rings. The van der Waals surface area contributed by atoms with Gasteiger partial charge in [0.15, 0.2) is 0 Å². The highest BCUT2D eigenvalue weighted by Crippen LogP contribution is 2.34. The second kappa shape index (κ2) is 8.69. The topological polar surface area (TPSA) is 98.8 Å². The predicted molar refractivity (Wildman–Crippen MR) is 109 cm³/mol. The fraction of sp³-hybridized carbons (Fsp3) is 0.500. The third-order valence-electron chi connectivity index (χ3n) is 5.96. The van der Waals surface area contributed by atoms with Gasteiger partial charge in [-0.3, -0.25) is 29.4 Å². The summed E-state index contributed by atoms with van der Waals surface area (Å²) in [6.45, 7) is 2.25. The van der Waals surface area contributed by atoms with E-state index in [2.05, 4.69) is 10.6 Å². The van der Waals surface area contributed by atoms with E-state index in [4.69, 9.17) is 0 Å². The van der Waals surface area contributed by atoms with Crippen molar-refractivity contribution in [3.63, 3.8) is 0 Å². The molecule has 10 heteroatoms. The smallest absolute Gasteiger partial charge is 0.262 e. The van der Waals surface area contributed by atoms with E-state index in [1.165, 1.54) is 6.07 Å². The van der Waals surface area contributed by atoms with Gasteiger partial charge in [-0.1, -0.05) is 0 Å². The zero-order valence-electron chi connectivity index (χ0n) is 16.6. The van der Waals surface area contributed by atoms with Crippen LogP contribution in [0.4, 0.5) is 10.1 Å². The Bertz CT molecular complexity index is 901. The minimum atomic E-state index is -1.05. The molecule has 3 aliphatic rings. The molecule has 3 aliphatic heterocycles. The first-order chi connectivity index (χ1) is 13.9. The van der Waals surface area contributed by atoms with Gasteiger partial charge >= 0.3 is 0 Å². The molecule has 1 aromatic rings. The molecule has 8 nitrogen and oxygen atoms in total. The molecule has 0 spiro atoms. The van der Waals surface area contributed by atoms with Crippen molar-refractivity contribution >= 4 is 41.7 Å². The van der Waals surface area contributed by atoms with Gasteiger partial charge in [0.25, 0.3) is 11.8 Å². The van der Waals surface area contributed by atoms with Gasteiger partial charge in [-0.2, -0.15) is 0 Å². The molecule has 2 saturated heterocycles. The Kier molecular flexibility index (Phi) is 6.42. The highest BCUT2D eigenvalue weighted by Gasteiger charge is 2.45. The van der Waals surface area contributed by atoms with E-state index in [9.17, 15) is 23.6 Å². The van der Waals surface area contributed by atoms with Gasteiger partial charge in [0, 0.05) is 19.5 Å². The monoisotopic (exact) mass is 438 g/mol. The van der Waals surface area contributed by atoms with Crippen LogP contribution in [-0.4, -0.2) is 61.3 Å². The van der Waals surface area contributed by atoms with E-state index in [0.717, 1.165) is 30.4 Å². The first-order valence-electron chi connectivity index (χ1n) is 9.85. The maximum atomic E-state index is 14.8. The Labute approximate surface area is 179 Å². The zero-order valence-corrected chi connectivity index (χ0v) is 17.4. The van der Waals surface area contributed by atoms with Crippen molar-refractivity contribution in [2.75, 3.05) is 31.6 Å². The summed E-state index contributed by atoms with van der Waals surface area (Å²) in [5.74, 6) is -2.45. The second-order valence-electron chi connectivity index (χ2n) is 7.78. The van der Waals surface area contributed by atoms with Crippen LogP contribution in [0, 0.1) is 11.7 Å². The SMILES string of the molecule is CNCC1CCN(c2cc3c(cc2F)C(=O)N(C2CCC(=O)NC2=O)C3=O)CC1.Cl. The summed E-state index contributed by atoms with van der Waals surface area (Å²) in [6, 6.07) is 1.47. The van der Waals surface area contributed by atoms with Crippen LogP contribution in [0.15, 0.2) is 12.1 Å². The van der Waals surface area contributed by atoms with Crippen LogP contribution in [0.3, 0.4) is 0 Å². The minimum absolute atomic E-state index is 0. The average molecular weight is 439 g/mol. The number of anilines is 1. The van der Waals surface area contributed by atoms with Gasteiger partial charge in [-0.15, -0.1) is 12.4 Å². The van der Waals surface area contributed by atoms with Crippen molar-refractivity contribution < 1.29 is 23.6 Å². The number of hydrogen-bond donors (Lipinski definition) is 2. The van der Waals surface area contributed by atoms with E-state index in [0.29, 0.717) is 24.7 Å². The molecule has 1 aromatic carbocycles. The molecule has 0 aromatic heterocycles. The van der Waals surface area contributed by atoms with Crippen molar-refractivity contribution in [3.05, 3.63) is 29.1 Å². The number of carbonyl (C=O) groups excluding carboxylic acids is 4. The van der Waals surface area contributed by atoms with Gasteiger partial charge in [-0.05, 0) is 50.9 Å². The molecule has 1 unspecified atom stereocenters. The Morgan fingerprint density at radius 2 is 1.70 bits per heavy atom. The molecule has 3 heterocycles. The predicted octanol–water partition coefficient (Wildman–Crippen LogP) is 1.08. The number of halogens is 2. The number of carbonyl (C=O) groups is 4. The fourth-order valence-electron chi connectivity index (χ4n) is 4.39. The fourth-order valence-corrected chi connectivity index (χ4v) is 4.39. The molecule has 0 bridgehead atoms. The van der Waals surface area contributed by atoms with Crippen LogP contribution >= 0.6 is 12.4 Å². The number of nitrogens with one attached hydrogen (secondary N) is 2. The van der Waals surface area contributed by atoms with E-state index in [1.54, 1.807) is 0 Å². The molecular weight excluding hydrogens is 415 g/mol. The lowest BCUT2D eigenvalue weighted by Gasteiger charge is -2.33. The highest BCUT2D eigenvalue weighted by atomic mass is 35.5. The number of rotatable bonds is 4. The van der Waals surface area contributed by atoms with Crippen LogP contribution in [0.5, 0.6) is 0 Å². The number of hydrogen-bond acceptors (Lipinski definition) is 6. The lowest BCUT2D eigenvalue weighted by Crippen LogP contribution is -2.54. The van der Waals surface area contributed by atoms with Gasteiger partial charge in [-0.25, -0.2) is 4.39 Å². The molecule has 2 N–H and O–H groups in total. The summed E-state index contributed by atoms with van der Waals surface area (Å²) >= 11 is 0. The molecule has 0 saturated carbocycles. The quantitative estimate of drug-likeness (QED) is 0.683. The molecule has 162 valence electrons. The van der Waals surface area contributed by atoms with Crippen molar-refractivity contribution in [3.8, 4) is 0 Å². The van der Waals surface area contributed by atoms with Crippen molar-refractivity contribution in [1.82, 2.24) is 15.5 Å². The summed E-state index contributed by atoms with van der Waals surface area (Å²) in [5, 5.41) is 5.31. The number of piperidine rings is 2. The number of benzene rings is 1. The standard InChI is InChI=1S/C20H23FN4O4.ClH/c1-22-10-11-4-6-24(7-5-11)16-9-13-12(8-14(16)21)19(28)25(20(13)29)15-2-3-17(26)23-18(15)27;/h8-9,11,15,22H,2-7,10H2,1H3,(H,23,26,27);1H. The Morgan fingerprint density at radius 3 is 2.30 bits per heavy atom. The Morgan fingerprint density at radius 1 is 1.07 bits per heavy atom. The van der Waals surface area contributed by atoms with Gasteiger partial charge in [0.05, 0.1) is 16.8 Å². The first-order valence-corrected chi connectivity index (χ1v) is 9.85. The molecule has 4 amide bonds. The summed E-state index contributed by atoms with van der Waals surface area (Å²) in [4.78, 5) is 51.9.